The molecular formula is C11H12N2O. The molecule has 1 aromatic carbocycles. The summed E-state index contributed by atoms with van der Waals surface area (Å²) in [5.74, 6) is 0. The number of rotatable bonds is 4. The largest absolute Gasteiger partial charge is 0.393 e. The molecule has 0 aliphatic carbocycles. The third-order valence-corrected chi connectivity index (χ3v) is 1.85. The van der Waals surface area contributed by atoms with Gasteiger partial charge in [0.15, 0.2) is 6.29 Å². The van der Waals surface area contributed by atoms with Gasteiger partial charge in [0, 0.05) is 30.6 Å². The molecule has 0 aromatic heterocycles. The molecule has 1 aromatic rings. The maximum Gasteiger partial charge on any atom is 0.150 e. The number of allylic oxidation sites excluding steroid dienone is 1. The van der Waals surface area contributed by atoms with Gasteiger partial charge < -0.3 is 10.7 Å². The van der Waals surface area contributed by atoms with Crippen molar-refractivity contribution in [1.82, 2.24) is 5.32 Å². The number of hydrogen-bond donors (Lipinski definition) is 2. The first-order chi connectivity index (χ1) is 6.83. The summed E-state index contributed by atoms with van der Waals surface area (Å²) in [6, 6.07) is 7.19. The molecular weight excluding hydrogens is 176 g/mol. The molecule has 2 N–H and O–H groups in total. The van der Waals surface area contributed by atoms with Gasteiger partial charge >= 0.3 is 0 Å². The Bertz CT molecular complexity index is 369. The van der Waals surface area contributed by atoms with Crippen LogP contribution in [-0.2, 0) is 0 Å². The van der Waals surface area contributed by atoms with Gasteiger partial charge in [0.2, 0.25) is 0 Å². The van der Waals surface area contributed by atoms with E-state index < -0.39 is 0 Å². The van der Waals surface area contributed by atoms with E-state index in [0.717, 1.165) is 11.8 Å². The van der Waals surface area contributed by atoms with Crippen LogP contribution in [0.4, 0.5) is 0 Å². The zero-order chi connectivity index (χ0) is 10.4. The van der Waals surface area contributed by atoms with Gasteiger partial charge in [0.1, 0.15) is 0 Å². The number of carbonyl (C=O) groups is 1. The van der Waals surface area contributed by atoms with Crippen LogP contribution in [0.2, 0.25) is 0 Å². The van der Waals surface area contributed by atoms with Crippen molar-refractivity contribution in [1.29, 1.82) is 5.41 Å². The fraction of sp³-hybridized carbons (Fsp3) is 0.0909. The lowest BCUT2D eigenvalue weighted by molar-refractivity contribution is 0.112. The third-order valence-electron chi connectivity index (χ3n) is 1.85. The van der Waals surface area contributed by atoms with E-state index in [1.807, 2.05) is 12.1 Å². The van der Waals surface area contributed by atoms with Gasteiger partial charge in [0.05, 0.1) is 0 Å². The molecule has 0 aliphatic heterocycles. The number of hydrogen-bond acceptors (Lipinski definition) is 3. The van der Waals surface area contributed by atoms with Gasteiger partial charge in [-0.15, -0.1) is 0 Å². The number of benzene rings is 1. The number of carbonyl (C=O) groups excluding carboxylic acids is 1. The molecule has 0 amide bonds. The van der Waals surface area contributed by atoms with E-state index in [-0.39, 0.29) is 0 Å². The van der Waals surface area contributed by atoms with Crippen LogP contribution in [0.25, 0.3) is 5.57 Å². The SMILES string of the molecule is CN/C=C(\C=N)c1ccccc1C=O. The van der Waals surface area contributed by atoms with Crippen molar-refractivity contribution in [2.24, 2.45) is 0 Å². The van der Waals surface area contributed by atoms with E-state index in [2.05, 4.69) is 5.32 Å². The summed E-state index contributed by atoms with van der Waals surface area (Å²) in [6.45, 7) is 0. The molecule has 72 valence electrons. The van der Waals surface area contributed by atoms with Crippen LogP contribution < -0.4 is 5.32 Å². The van der Waals surface area contributed by atoms with Gasteiger partial charge in [-0.1, -0.05) is 24.3 Å². The summed E-state index contributed by atoms with van der Waals surface area (Å²) in [7, 11) is 1.76. The Labute approximate surface area is 83.0 Å². The predicted octanol–water partition coefficient (Wildman–Crippen LogP) is 1.71. The molecule has 0 spiro atoms. The topological polar surface area (TPSA) is 53.0 Å². The normalized spacial score (nSPS) is 10.8. The van der Waals surface area contributed by atoms with Gasteiger partial charge in [-0.3, -0.25) is 4.79 Å². The summed E-state index contributed by atoms with van der Waals surface area (Å²) in [5.41, 5.74) is 2.06. The van der Waals surface area contributed by atoms with Crippen molar-refractivity contribution in [3.05, 3.63) is 41.6 Å². The van der Waals surface area contributed by atoms with E-state index in [9.17, 15) is 4.79 Å². The van der Waals surface area contributed by atoms with Crippen molar-refractivity contribution in [3.8, 4) is 0 Å². The summed E-state index contributed by atoms with van der Waals surface area (Å²) in [6.07, 6.45) is 3.70. The second-order valence-corrected chi connectivity index (χ2v) is 2.74. The molecule has 3 heteroatoms. The highest BCUT2D eigenvalue weighted by molar-refractivity contribution is 6.10. The van der Waals surface area contributed by atoms with Crippen molar-refractivity contribution in [3.63, 3.8) is 0 Å². The quantitative estimate of drug-likeness (QED) is 0.558. The Morgan fingerprint density at radius 3 is 2.71 bits per heavy atom. The third kappa shape index (κ3) is 2.07. The van der Waals surface area contributed by atoms with Crippen LogP contribution >= 0.6 is 0 Å². The molecule has 14 heavy (non-hydrogen) atoms. The molecule has 0 radical (unpaired) electrons. The fourth-order valence-corrected chi connectivity index (χ4v) is 1.22. The predicted molar refractivity (Wildman–Crippen MR) is 57.6 cm³/mol. The molecule has 0 fully saturated rings. The van der Waals surface area contributed by atoms with E-state index in [4.69, 9.17) is 5.41 Å². The Morgan fingerprint density at radius 2 is 2.14 bits per heavy atom. The summed E-state index contributed by atoms with van der Waals surface area (Å²) in [4.78, 5) is 10.7. The minimum atomic E-state index is 0.595. The summed E-state index contributed by atoms with van der Waals surface area (Å²) >= 11 is 0. The summed E-state index contributed by atoms with van der Waals surface area (Å²) < 4.78 is 0. The van der Waals surface area contributed by atoms with E-state index in [1.54, 1.807) is 25.4 Å². The first kappa shape index (κ1) is 10.2. The van der Waals surface area contributed by atoms with Gasteiger partial charge in [-0.25, -0.2) is 0 Å². The fourth-order valence-electron chi connectivity index (χ4n) is 1.22. The van der Waals surface area contributed by atoms with Crippen molar-refractivity contribution >= 4 is 18.1 Å². The van der Waals surface area contributed by atoms with Crippen LogP contribution in [0, 0.1) is 5.41 Å². The lowest BCUT2D eigenvalue weighted by Gasteiger charge is -2.04. The van der Waals surface area contributed by atoms with E-state index in [1.165, 1.54) is 6.21 Å². The average molecular weight is 188 g/mol. The molecule has 1 rings (SSSR count). The zero-order valence-corrected chi connectivity index (χ0v) is 7.95. The molecule has 0 unspecified atom stereocenters. The molecule has 0 saturated heterocycles. The van der Waals surface area contributed by atoms with Crippen LogP contribution in [-0.4, -0.2) is 19.5 Å². The maximum absolute atomic E-state index is 10.7. The smallest absolute Gasteiger partial charge is 0.150 e. The first-order valence-corrected chi connectivity index (χ1v) is 4.26. The summed E-state index contributed by atoms with van der Waals surface area (Å²) in [5, 5.41) is 10.1. The van der Waals surface area contributed by atoms with Crippen molar-refractivity contribution in [2.45, 2.75) is 0 Å². The van der Waals surface area contributed by atoms with E-state index in [0.29, 0.717) is 11.1 Å². The molecule has 0 saturated carbocycles. The molecule has 0 aliphatic rings. The second kappa shape index (κ2) is 4.97. The van der Waals surface area contributed by atoms with Crippen molar-refractivity contribution < 1.29 is 4.79 Å². The Kier molecular flexibility index (Phi) is 3.61. The standard InChI is InChI=1S/C11H12N2O/c1-13-7-10(6-12)11-5-3-2-4-9(11)8-14/h2-8,12-13H,1H3/b10-7+,12-6?. The Balaban J connectivity index is 3.22. The lowest BCUT2D eigenvalue weighted by atomic mass is 10.0. The number of aldehydes is 1. The second-order valence-electron chi connectivity index (χ2n) is 2.74. The first-order valence-electron chi connectivity index (χ1n) is 4.26. The van der Waals surface area contributed by atoms with E-state index >= 15 is 0 Å². The highest BCUT2D eigenvalue weighted by Gasteiger charge is 2.03. The minimum Gasteiger partial charge on any atom is -0.393 e. The van der Waals surface area contributed by atoms with Gasteiger partial charge in [0.25, 0.3) is 0 Å². The average Bonchev–Trinajstić information content (AvgIpc) is 2.26. The van der Waals surface area contributed by atoms with Gasteiger partial charge in [-0.05, 0) is 5.56 Å². The highest BCUT2D eigenvalue weighted by atomic mass is 16.1. The van der Waals surface area contributed by atoms with Crippen LogP contribution in [0.1, 0.15) is 15.9 Å². The molecule has 0 bridgehead atoms. The van der Waals surface area contributed by atoms with Gasteiger partial charge in [-0.2, -0.15) is 0 Å². The minimum absolute atomic E-state index is 0.595. The Hall–Kier alpha value is -1.90. The number of nitrogens with one attached hydrogen (secondary N) is 2. The lowest BCUT2D eigenvalue weighted by Crippen LogP contribution is -1.99. The van der Waals surface area contributed by atoms with Crippen LogP contribution in [0.5, 0.6) is 0 Å². The Morgan fingerprint density at radius 1 is 1.43 bits per heavy atom. The molecule has 0 heterocycles. The molecule has 3 nitrogen and oxygen atoms in total. The monoisotopic (exact) mass is 188 g/mol. The molecule has 0 atom stereocenters. The maximum atomic E-state index is 10.7. The van der Waals surface area contributed by atoms with Crippen LogP contribution in [0.15, 0.2) is 30.5 Å². The zero-order valence-electron chi connectivity index (χ0n) is 7.95. The van der Waals surface area contributed by atoms with Crippen molar-refractivity contribution in [2.75, 3.05) is 7.05 Å². The van der Waals surface area contributed by atoms with Crippen LogP contribution in [0.3, 0.4) is 0 Å². The highest BCUT2D eigenvalue weighted by Crippen LogP contribution is 2.15.